The minimum absolute atomic E-state index is 0.139. The van der Waals surface area contributed by atoms with Crippen LogP contribution in [-0.2, 0) is 6.54 Å². The van der Waals surface area contributed by atoms with Gasteiger partial charge in [-0.15, -0.1) is 0 Å². The highest BCUT2D eigenvalue weighted by molar-refractivity contribution is 5.21. The molecule has 182 valence electrons. The van der Waals surface area contributed by atoms with Crippen molar-refractivity contribution in [1.29, 1.82) is 5.26 Å². The van der Waals surface area contributed by atoms with E-state index in [2.05, 4.69) is 25.0 Å². The van der Waals surface area contributed by atoms with E-state index in [9.17, 15) is 10.2 Å². The Morgan fingerprint density at radius 1 is 1.12 bits per heavy atom. The summed E-state index contributed by atoms with van der Waals surface area (Å²) < 4.78 is 1.76. The van der Waals surface area contributed by atoms with E-state index in [1.165, 1.54) is 38.5 Å². The Kier molecular flexibility index (Phi) is 5.73. The van der Waals surface area contributed by atoms with Crippen molar-refractivity contribution in [2.75, 3.05) is 0 Å². The normalized spacial score (nSPS) is 46.9. The second kappa shape index (κ2) is 8.09. The van der Waals surface area contributed by atoms with Crippen LogP contribution in [0.1, 0.15) is 91.0 Å². The van der Waals surface area contributed by atoms with Crippen LogP contribution in [-0.4, -0.2) is 31.2 Å². The van der Waals surface area contributed by atoms with Crippen LogP contribution in [0.4, 0.5) is 0 Å². The van der Waals surface area contributed by atoms with Gasteiger partial charge in [0.25, 0.3) is 0 Å². The first-order chi connectivity index (χ1) is 15.5. The standard InChI is InChI=1S/C28H43N3O2/c1-18-5-8-24(28(4,33)17-31-16-19(14-29)15-30-31)27(3)12-10-22-21-9-11-26(2,32)13-20(21)6-7-23(22)25(18)27/h15-16,18,20-25,32-33H,5-13,17H2,1-4H3/t18-,20-,21+,22-,23-,24?,25+,26-,27-,28+/m1/s1. The fraction of sp³-hybridized carbons (Fsp3) is 0.857. The van der Waals surface area contributed by atoms with Gasteiger partial charge in [0.05, 0.1) is 29.5 Å². The van der Waals surface area contributed by atoms with Crippen LogP contribution >= 0.6 is 0 Å². The highest BCUT2D eigenvalue weighted by atomic mass is 16.3. The molecule has 0 aromatic carbocycles. The van der Waals surface area contributed by atoms with Gasteiger partial charge >= 0.3 is 0 Å². The maximum Gasteiger partial charge on any atom is 0.102 e. The number of nitriles is 1. The summed E-state index contributed by atoms with van der Waals surface area (Å²) in [5.74, 6) is 4.66. The quantitative estimate of drug-likeness (QED) is 0.662. The van der Waals surface area contributed by atoms with Crippen LogP contribution in [0.5, 0.6) is 0 Å². The predicted molar refractivity (Wildman–Crippen MR) is 128 cm³/mol. The molecular formula is C28H43N3O2. The molecule has 5 nitrogen and oxygen atoms in total. The average Bonchev–Trinajstić information content (AvgIpc) is 3.18. The summed E-state index contributed by atoms with van der Waals surface area (Å²) >= 11 is 0. The zero-order chi connectivity index (χ0) is 23.6. The fourth-order valence-electron chi connectivity index (χ4n) is 9.74. The molecule has 2 N–H and O–H groups in total. The molecule has 0 saturated heterocycles. The molecule has 33 heavy (non-hydrogen) atoms. The summed E-state index contributed by atoms with van der Waals surface area (Å²) in [6.45, 7) is 9.47. The third-order valence-corrected chi connectivity index (χ3v) is 10.8. The molecule has 0 spiro atoms. The summed E-state index contributed by atoms with van der Waals surface area (Å²) in [6, 6.07) is 2.15. The van der Waals surface area contributed by atoms with E-state index in [1.807, 2.05) is 13.8 Å². The molecule has 0 bridgehead atoms. The molecule has 5 heteroatoms. The summed E-state index contributed by atoms with van der Waals surface area (Å²) in [7, 11) is 0. The topological polar surface area (TPSA) is 82.1 Å². The Hall–Kier alpha value is -1.38. The van der Waals surface area contributed by atoms with Gasteiger partial charge < -0.3 is 10.2 Å². The molecule has 4 aliphatic rings. The number of nitrogens with zero attached hydrogens (tertiary/aromatic N) is 3. The van der Waals surface area contributed by atoms with Crippen LogP contribution in [0.2, 0.25) is 0 Å². The minimum Gasteiger partial charge on any atom is -0.390 e. The number of fused-ring (bicyclic) bond motifs is 5. The number of rotatable bonds is 3. The lowest BCUT2D eigenvalue weighted by molar-refractivity contribution is -0.184. The van der Waals surface area contributed by atoms with E-state index < -0.39 is 11.2 Å². The third kappa shape index (κ3) is 3.96. The smallest absolute Gasteiger partial charge is 0.102 e. The highest BCUT2D eigenvalue weighted by Gasteiger charge is 2.60. The summed E-state index contributed by atoms with van der Waals surface area (Å²) in [4.78, 5) is 0. The summed E-state index contributed by atoms with van der Waals surface area (Å²) in [6.07, 6.45) is 13.8. The molecule has 4 aliphatic carbocycles. The van der Waals surface area contributed by atoms with Gasteiger partial charge in [0, 0.05) is 6.20 Å². The molecule has 5 rings (SSSR count). The molecule has 1 heterocycles. The molecule has 1 aromatic rings. The van der Waals surface area contributed by atoms with E-state index in [0.29, 0.717) is 29.9 Å². The zero-order valence-corrected chi connectivity index (χ0v) is 21.0. The molecule has 4 fully saturated rings. The Bertz CT molecular complexity index is 914. The van der Waals surface area contributed by atoms with Crippen molar-refractivity contribution in [2.45, 2.75) is 103 Å². The van der Waals surface area contributed by atoms with Gasteiger partial charge in [-0.1, -0.05) is 20.3 Å². The highest BCUT2D eigenvalue weighted by Crippen LogP contribution is 2.65. The van der Waals surface area contributed by atoms with Crippen LogP contribution < -0.4 is 0 Å². The Morgan fingerprint density at radius 3 is 2.61 bits per heavy atom. The van der Waals surface area contributed by atoms with Gasteiger partial charge in [-0.3, -0.25) is 4.68 Å². The first kappa shape index (κ1) is 23.4. The van der Waals surface area contributed by atoms with E-state index in [0.717, 1.165) is 37.0 Å². The van der Waals surface area contributed by atoms with Crippen molar-refractivity contribution in [2.24, 2.45) is 46.8 Å². The van der Waals surface area contributed by atoms with Crippen molar-refractivity contribution in [3.05, 3.63) is 18.0 Å². The van der Waals surface area contributed by atoms with Crippen molar-refractivity contribution in [3.8, 4) is 6.07 Å². The molecular weight excluding hydrogens is 410 g/mol. The minimum atomic E-state index is -0.848. The van der Waals surface area contributed by atoms with E-state index >= 15 is 0 Å². The van der Waals surface area contributed by atoms with Gasteiger partial charge in [0.15, 0.2) is 0 Å². The van der Waals surface area contributed by atoms with Gasteiger partial charge in [0.2, 0.25) is 0 Å². The van der Waals surface area contributed by atoms with E-state index in [4.69, 9.17) is 5.26 Å². The Morgan fingerprint density at radius 2 is 1.88 bits per heavy atom. The Balaban J connectivity index is 1.39. The summed E-state index contributed by atoms with van der Waals surface area (Å²) in [5.41, 5.74) is -0.618. The lowest BCUT2D eigenvalue weighted by Gasteiger charge is -2.64. The fourth-order valence-corrected chi connectivity index (χ4v) is 9.74. The van der Waals surface area contributed by atoms with Gasteiger partial charge in [-0.25, -0.2) is 0 Å². The van der Waals surface area contributed by atoms with Gasteiger partial charge in [-0.05, 0) is 112 Å². The maximum atomic E-state index is 11.8. The van der Waals surface area contributed by atoms with Crippen molar-refractivity contribution < 1.29 is 10.2 Å². The van der Waals surface area contributed by atoms with Crippen molar-refractivity contribution >= 4 is 0 Å². The molecule has 4 saturated carbocycles. The number of hydrogen-bond acceptors (Lipinski definition) is 4. The van der Waals surface area contributed by atoms with E-state index in [-0.39, 0.29) is 11.3 Å². The lowest BCUT2D eigenvalue weighted by atomic mass is 9.41. The van der Waals surface area contributed by atoms with E-state index in [1.54, 1.807) is 17.1 Å². The third-order valence-electron chi connectivity index (χ3n) is 10.8. The van der Waals surface area contributed by atoms with Crippen molar-refractivity contribution in [1.82, 2.24) is 9.78 Å². The van der Waals surface area contributed by atoms with Crippen LogP contribution in [0.15, 0.2) is 12.4 Å². The average molecular weight is 454 g/mol. The SMILES string of the molecule is C[C@@H]1CCC([C@@](C)(O)Cn2cc(C#N)cn2)[C@@]2(C)CC[C@H]3[C@@H](CC[C@@H]4C[C@](C)(O)CC[C@@H]43)[C@H]12. The van der Waals surface area contributed by atoms with Gasteiger partial charge in [0.1, 0.15) is 6.07 Å². The van der Waals surface area contributed by atoms with Gasteiger partial charge in [-0.2, -0.15) is 10.4 Å². The zero-order valence-electron chi connectivity index (χ0n) is 21.0. The van der Waals surface area contributed by atoms with Crippen molar-refractivity contribution in [3.63, 3.8) is 0 Å². The maximum absolute atomic E-state index is 11.8. The first-order valence-corrected chi connectivity index (χ1v) is 13.4. The number of aliphatic hydroxyl groups is 2. The lowest BCUT2D eigenvalue weighted by Crippen LogP contribution is -2.60. The predicted octanol–water partition coefficient (Wildman–Crippen LogP) is 5.16. The molecule has 1 aromatic heterocycles. The molecule has 1 unspecified atom stereocenters. The molecule has 0 aliphatic heterocycles. The molecule has 0 radical (unpaired) electrons. The first-order valence-electron chi connectivity index (χ1n) is 13.4. The number of aromatic nitrogens is 2. The van der Waals surface area contributed by atoms with Crippen LogP contribution in [0, 0.1) is 58.2 Å². The number of hydrogen-bond donors (Lipinski definition) is 2. The Labute approximate surface area is 199 Å². The van der Waals surface area contributed by atoms with Crippen LogP contribution in [0.3, 0.4) is 0 Å². The monoisotopic (exact) mass is 453 g/mol. The van der Waals surface area contributed by atoms with Crippen LogP contribution in [0.25, 0.3) is 0 Å². The molecule has 10 atom stereocenters. The second-order valence-corrected chi connectivity index (χ2v) is 13.1. The second-order valence-electron chi connectivity index (χ2n) is 13.1. The molecule has 0 amide bonds. The largest absolute Gasteiger partial charge is 0.390 e. The summed E-state index contributed by atoms with van der Waals surface area (Å²) in [5, 5.41) is 36.0.